The van der Waals surface area contributed by atoms with E-state index in [4.69, 9.17) is 4.74 Å². The fraction of sp³-hybridized carbons (Fsp3) is 0.786. The van der Waals surface area contributed by atoms with Gasteiger partial charge in [-0.1, -0.05) is 13.0 Å². The van der Waals surface area contributed by atoms with Gasteiger partial charge in [-0.3, -0.25) is 4.79 Å². The topological polar surface area (TPSA) is 50.4 Å². The summed E-state index contributed by atoms with van der Waals surface area (Å²) >= 11 is 0. The maximum Gasteiger partial charge on any atom is 0.227 e. The zero-order chi connectivity index (χ0) is 13.3. The lowest BCUT2D eigenvalue weighted by atomic mass is 9.77. The molecule has 1 rings (SSSR count). The van der Waals surface area contributed by atoms with Gasteiger partial charge >= 0.3 is 0 Å². The number of hydrogen-bond donors (Lipinski definition) is 2. The third-order valence-electron chi connectivity index (χ3n) is 3.63. The van der Waals surface area contributed by atoms with Gasteiger partial charge < -0.3 is 15.4 Å². The lowest BCUT2D eigenvalue weighted by molar-refractivity contribution is -0.132. The maximum absolute atomic E-state index is 12.2. The van der Waals surface area contributed by atoms with Crippen molar-refractivity contribution in [2.75, 3.05) is 32.8 Å². The van der Waals surface area contributed by atoms with Gasteiger partial charge in [-0.25, -0.2) is 0 Å². The molecule has 0 radical (unpaired) electrons. The molecule has 0 saturated carbocycles. The lowest BCUT2D eigenvalue weighted by Crippen LogP contribution is -2.50. The van der Waals surface area contributed by atoms with Crippen LogP contribution in [0.3, 0.4) is 0 Å². The van der Waals surface area contributed by atoms with E-state index in [1.165, 1.54) is 0 Å². The van der Waals surface area contributed by atoms with Crippen LogP contribution in [-0.4, -0.2) is 38.8 Å². The van der Waals surface area contributed by atoms with E-state index in [-0.39, 0.29) is 11.3 Å². The number of hydrogen-bond acceptors (Lipinski definition) is 3. The molecule has 1 amide bonds. The summed E-state index contributed by atoms with van der Waals surface area (Å²) in [5.74, 6) is 0.171. The predicted octanol–water partition coefficient (Wildman–Crippen LogP) is 1.48. The van der Waals surface area contributed by atoms with Crippen molar-refractivity contribution in [1.29, 1.82) is 0 Å². The molecule has 2 N–H and O–H groups in total. The fourth-order valence-electron chi connectivity index (χ4n) is 2.32. The minimum Gasteiger partial charge on any atom is -0.379 e. The Bertz CT molecular complexity index is 261. The second-order valence-corrected chi connectivity index (χ2v) is 4.86. The standard InChI is InChI=1S/C14H26N2O2/c1-3-5-10-18-11-9-16-13(17)14(4-2)7-6-8-15-12-14/h3,15H,1,4-12H2,2H3,(H,16,17). The monoisotopic (exact) mass is 254 g/mol. The van der Waals surface area contributed by atoms with E-state index >= 15 is 0 Å². The third-order valence-corrected chi connectivity index (χ3v) is 3.63. The Labute approximate surface area is 110 Å². The minimum absolute atomic E-state index is 0.171. The molecule has 1 unspecified atom stereocenters. The molecule has 0 aromatic rings. The van der Waals surface area contributed by atoms with E-state index in [1.54, 1.807) is 0 Å². The summed E-state index contributed by atoms with van der Waals surface area (Å²) in [5.41, 5.74) is -0.209. The number of rotatable bonds is 8. The van der Waals surface area contributed by atoms with E-state index < -0.39 is 0 Å². The van der Waals surface area contributed by atoms with Crippen molar-refractivity contribution in [2.24, 2.45) is 5.41 Å². The highest BCUT2D eigenvalue weighted by atomic mass is 16.5. The van der Waals surface area contributed by atoms with E-state index in [1.807, 2.05) is 6.08 Å². The van der Waals surface area contributed by atoms with Crippen molar-refractivity contribution < 1.29 is 9.53 Å². The van der Waals surface area contributed by atoms with Crippen LogP contribution in [0.25, 0.3) is 0 Å². The highest BCUT2D eigenvalue weighted by molar-refractivity contribution is 5.83. The number of amides is 1. The fourth-order valence-corrected chi connectivity index (χ4v) is 2.32. The number of ether oxygens (including phenoxy) is 1. The van der Waals surface area contributed by atoms with Crippen molar-refractivity contribution >= 4 is 5.91 Å². The second-order valence-electron chi connectivity index (χ2n) is 4.86. The predicted molar refractivity (Wildman–Crippen MR) is 73.5 cm³/mol. The van der Waals surface area contributed by atoms with Gasteiger partial charge in [0.05, 0.1) is 18.6 Å². The van der Waals surface area contributed by atoms with E-state index in [0.29, 0.717) is 19.8 Å². The van der Waals surface area contributed by atoms with Crippen LogP contribution < -0.4 is 10.6 Å². The van der Waals surface area contributed by atoms with Crippen LogP contribution in [0.2, 0.25) is 0 Å². The summed E-state index contributed by atoms with van der Waals surface area (Å²) in [7, 11) is 0. The van der Waals surface area contributed by atoms with Gasteiger partial charge in [-0.2, -0.15) is 0 Å². The molecule has 0 aromatic carbocycles. The van der Waals surface area contributed by atoms with Crippen molar-refractivity contribution in [1.82, 2.24) is 10.6 Å². The van der Waals surface area contributed by atoms with Crippen LogP contribution in [-0.2, 0) is 9.53 Å². The summed E-state index contributed by atoms with van der Waals surface area (Å²) in [6.07, 6.45) is 5.65. The molecule has 4 heteroatoms. The van der Waals surface area contributed by atoms with Crippen LogP contribution in [0.15, 0.2) is 12.7 Å². The second kappa shape index (κ2) is 8.27. The molecule has 0 spiro atoms. The maximum atomic E-state index is 12.2. The Hall–Kier alpha value is -0.870. The van der Waals surface area contributed by atoms with Gasteiger partial charge in [0.25, 0.3) is 0 Å². The molecule has 18 heavy (non-hydrogen) atoms. The first-order valence-electron chi connectivity index (χ1n) is 6.93. The van der Waals surface area contributed by atoms with E-state index in [0.717, 1.165) is 38.8 Å². The minimum atomic E-state index is -0.209. The highest BCUT2D eigenvalue weighted by Crippen LogP contribution is 2.29. The molecular formula is C14H26N2O2. The summed E-state index contributed by atoms with van der Waals surface area (Å²) < 4.78 is 5.38. The number of carbonyl (C=O) groups excluding carboxylic acids is 1. The lowest BCUT2D eigenvalue weighted by Gasteiger charge is -2.35. The molecule has 1 fully saturated rings. The van der Waals surface area contributed by atoms with Gasteiger partial charge in [0.15, 0.2) is 0 Å². The van der Waals surface area contributed by atoms with Crippen molar-refractivity contribution in [3.05, 3.63) is 12.7 Å². The van der Waals surface area contributed by atoms with Crippen LogP contribution >= 0.6 is 0 Å². The van der Waals surface area contributed by atoms with Crippen molar-refractivity contribution in [3.63, 3.8) is 0 Å². The number of nitrogens with one attached hydrogen (secondary N) is 2. The Morgan fingerprint density at radius 3 is 3.00 bits per heavy atom. The molecule has 104 valence electrons. The summed E-state index contributed by atoms with van der Waals surface area (Å²) in [5, 5.41) is 6.31. The molecular weight excluding hydrogens is 228 g/mol. The first-order valence-corrected chi connectivity index (χ1v) is 6.93. The van der Waals surface area contributed by atoms with Crippen LogP contribution in [0, 0.1) is 5.41 Å². The van der Waals surface area contributed by atoms with E-state index in [9.17, 15) is 4.79 Å². The van der Waals surface area contributed by atoms with Crippen molar-refractivity contribution in [3.8, 4) is 0 Å². The average molecular weight is 254 g/mol. The van der Waals surface area contributed by atoms with Crippen LogP contribution in [0.5, 0.6) is 0 Å². The van der Waals surface area contributed by atoms with Gasteiger partial charge in [0, 0.05) is 13.1 Å². The van der Waals surface area contributed by atoms with Crippen LogP contribution in [0.4, 0.5) is 0 Å². The molecule has 1 aliphatic heterocycles. The number of carbonyl (C=O) groups is 1. The van der Waals surface area contributed by atoms with Crippen LogP contribution in [0.1, 0.15) is 32.6 Å². The normalized spacial score (nSPS) is 23.6. The zero-order valence-corrected chi connectivity index (χ0v) is 11.5. The van der Waals surface area contributed by atoms with Crippen molar-refractivity contribution in [2.45, 2.75) is 32.6 Å². The highest BCUT2D eigenvalue weighted by Gasteiger charge is 2.37. The smallest absolute Gasteiger partial charge is 0.227 e. The molecule has 1 saturated heterocycles. The SMILES string of the molecule is C=CCCOCCNC(=O)C1(CC)CCCNC1. The first kappa shape index (κ1) is 15.2. The molecule has 0 bridgehead atoms. The Morgan fingerprint density at radius 2 is 2.39 bits per heavy atom. The number of piperidine rings is 1. The molecule has 1 heterocycles. The Morgan fingerprint density at radius 1 is 1.56 bits per heavy atom. The van der Waals surface area contributed by atoms with Gasteiger partial charge in [0.1, 0.15) is 0 Å². The third kappa shape index (κ3) is 4.42. The quantitative estimate of drug-likeness (QED) is 0.509. The molecule has 0 aromatic heterocycles. The summed E-state index contributed by atoms with van der Waals surface area (Å²) in [4.78, 5) is 12.2. The zero-order valence-electron chi connectivity index (χ0n) is 11.5. The Balaban J connectivity index is 2.23. The first-order chi connectivity index (χ1) is 8.75. The van der Waals surface area contributed by atoms with Gasteiger partial charge in [-0.15, -0.1) is 6.58 Å². The molecule has 0 aliphatic carbocycles. The average Bonchev–Trinajstić information content (AvgIpc) is 2.43. The van der Waals surface area contributed by atoms with Gasteiger partial charge in [-0.05, 0) is 32.2 Å². The van der Waals surface area contributed by atoms with Gasteiger partial charge in [0.2, 0.25) is 5.91 Å². The summed E-state index contributed by atoms with van der Waals surface area (Å²) in [6, 6.07) is 0. The summed E-state index contributed by atoms with van der Waals surface area (Å²) in [6.45, 7) is 9.40. The molecule has 1 aliphatic rings. The largest absolute Gasteiger partial charge is 0.379 e. The molecule has 1 atom stereocenters. The Kier molecular flexibility index (Phi) is 6.98. The molecule has 4 nitrogen and oxygen atoms in total. The van der Waals surface area contributed by atoms with E-state index in [2.05, 4.69) is 24.1 Å².